The molecule has 0 radical (unpaired) electrons. The summed E-state index contributed by atoms with van der Waals surface area (Å²) in [6.07, 6.45) is 11.9. The number of ether oxygens (including phenoxy) is 4. The highest BCUT2D eigenvalue weighted by Crippen LogP contribution is 2.42. The molecule has 2 saturated carbocycles. The van der Waals surface area contributed by atoms with Crippen molar-refractivity contribution in [3.63, 3.8) is 0 Å². The molecular formula is C32H38O6. The number of fused-ring (bicyclic) bond motifs is 2. The SMILES string of the molecule is O=C(COc1c2ccccc2c(OCC(=O)OCC2CCCCC2)c2ccccc12)OCC1CCCCC1. The predicted octanol–water partition coefficient (Wildman–Crippen LogP) is 7.00. The maximum absolute atomic E-state index is 12.5. The third kappa shape index (κ3) is 6.58. The topological polar surface area (TPSA) is 71.1 Å². The summed E-state index contributed by atoms with van der Waals surface area (Å²) >= 11 is 0. The fourth-order valence-electron chi connectivity index (χ4n) is 5.83. The van der Waals surface area contributed by atoms with Gasteiger partial charge < -0.3 is 18.9 Å². The Morgan fingerprint density at radius 2 is 0.895 bits per heavy atom. The average molecular weight is 519 g/mol. The summed E-state index contributed by atoms with van der Waals surface area (Å²) in [5, 5.41) is 3.27. The summed E-state index contributed by atoms with van der Waals surface area (Å²) in [5.41, 5.74) is 0. The molecule has 0 aliphatic heterocycles. The van der Waals surface area contributed by atoms with Crippen LogP contribution in [0.25, 0.3) is 21.5 Å². The van der Waals surface area contributed by atoms with Gasteiger partial charge >= 0.3 is 11.9 Å². The van der Waals surface area contributed by atoms with Gasteiger partial charge in [0.25, 0.3) is 0 Å². The summed E-state index contributed by atoms with van der Waals surface area (Å²) in [6.45, 7) is 0.615. The number of carbonyl (C=O) groups is 2. The zero-order valence-electron chi connectivity index (χ0n) is 22.1. The molecule has 0 heterocycles. The molecule has 2 aliphatic rings. The van der Waals surface area contributed by atoms with E-state index in [1.807, 2.05) is 48.5 Å². The molecule has 3 aromatic carbocycles. The Balaban J connectivity index is 1.29. The van der Waals surface area contributed by atoms with Gasteiger partial charge in [0.15, 0.2) is 13.2 Å². The number of hydrogen-bond donors (Lipinski definition) is 0. The standard InChI is InChI=1S/C32H38O6/c33-29(35-19-23-11-3-1-4-12-23)21-37-31-25-15-7-9-17-27(25)32(28-18-10-8-16-26(28)31)38-22-30(34)36-20-24-13-5-2-6-14-24/h7-10,15-18,23-24H,1-6,11-14,19-22H2. The Morgan fingerprint density at radius 3 is 1.24 bits per heavy atom. The highest BCUT2D eigenvalue weighted by molar-refractivity contribution is 6.11. The third-order valence-electron chi connectivity index (χ3n) is 7.91. The minimum absolute atomic E-state index is 0.158. The van der Waals surface area contributed by atoms with Gasteiger partial charge in [-0.25, -0.2) is 9.59 Å². The number of esters is 2. The molecule has 2 aliphatic carbocycles. The van der Waals surface area contributed by atoms with Crippen molar-refractivity contribution in [2.24, 2.45) is 11.8 Å². The van der Waals surface area contributed by atoms with Crippen molar-refractivity contribution < 1.29 is 28.5 Å². The molecule has 0 amide bonds. The Hall–Kier alpha value is -3.28. The van der Waals surface area contributed by atoms with Crippen LogP contribution in [-0.4, -0.2) is 38.4 Å². The molecule has 0 saturated heterocycles. The lowest BCUT2D eigenvalue weighted by Gasteiger charge is -2.21. The zero-order chi connectivity index (χ0) is 26.2. The molecule has 0 bridgehead atoms. The maximum Gasteiger partial charge on any atom is 0.344 e. The van der Waals surface area contributed by atoms with E-state index in [0.717, 1.165) is 47.2 Å². The number of hydrogen-bond acceptors (Lipinski definition) is 6. The van der Waals surface area contributed by atoms with Gasteiger partial charge in [0.05, 0.1) is 13.2 Å². The molecule has 6 heteroatoms. The van der Waals surface area contributed by atoms with Crippen LogP contribution in [0.5, 0.6) is 11.5 Å². The van der Waals surface area contributed by atoms with Crippen molar-refractivity contribution in [1.29, 1.82) is 0 Å². The van der Waals surface area contributed by atoms with Gasteiger partial charge in [0.1, 0.15) is 11.5 Å². The van der Waals surface area contributed by atoms with Crippen LogP contribution in [0.3, 0.4) is 0 Å². The summed E-state index contributed by atoms with van der Waals surface area (Å²) in [4.78, 5) is 25.1. The lowest BCUT2D eigenvalue weighted by Crippen LogP contribution is -2.21. The molecule has 0 unspecified atom stereocenters. The molecule has 0 N–H and O–H groups in total. The molecule has 38 heavy (non-hydrogen) atoms. The molecular weight excluding hydrogens is 480 g/mol. The van der Waals surface area contributed by atoms with E-state index in [0.29, 0.717) is 36.5 Å². The van der Waals surface area contributed by atoms with E-state index in [-0.39, 0.29) is 25.2 Å². The number of benzene rings is 3. The van der Waals surface area contributed by atoms with E-state index in [4.69, 9.17) is 18.9 Å². The first-order valence-electron chi connectivity index (χ1n) is 14.2. The van der Waals surface area contributed by atoms with Crippen molar-refractivity contribution >= 4 is 33.5 Å². The van der Waals surface area contributed by atoms with E-state index in [2.05, 4.69) is 0 Å². The number of rotatable bonds is 10. The third-order valence-corrected chi connectivity index (χ3v) is 7.91. The van der Waals surface area contributed by atoms with Crippen LogP contribution in [-0.2, 0) is 19.1 Å². The molecule has 5 rings (SSSR count). The van der Waals surface area contributed by atoms with Gasteiger partial charge in [-0.2, -0.15) is 0 Å². The minimum Gasteiger partial charge on any atom is -0.481 e. The second-order valence-electron chi connectivity index (χ2n) is 10.7. The van der Waals surface area contributed by atoms with E-state index >= 15 is 0 Å². The van der Waals surface area contributed by atoms with Crippen molar-refractivity contribution in [2.75, 3.05) is 26.4 Å². The van der Waals surface area contributed by atoms with Gasteiger partial charge in [-0.3, -0.25) is 0 Å². The van der Waals surface area contributed by atoms with Crippen LogP contribution in [0.2, 0.25) is 0 Å². The Labute approximate surface area is 224 Å². The predicted molar refractivity (Wildman–Crippen MR) is 148 cm³/mol. The van der Waals surface area contributed by atoms with E-state index in [9.17, 15) is 9.59 Å². The van der Waals surface area contributed by atoms with Crippen LogP contribution in [0.15, 0.2) is 48.5 Å². The normalized spacial score (nSPS) is 16.8. The van der Waals surface area contributed by atoms with Crippen molar-refractivity contribution in [2.45, 2.75) is 64.2 Å². The van der Waals surface area contributed by atoms with Crippen LogP contribution < -0.4 is 9.47 Å². The summed E-state index contributed by atoms with van der Waals surface area (Å²) < 4.78 is 23.3. The fourth-order valence-corrected chi connectivity index (χ4v) is 5.83. The lowest BCUT2D eigenvalue weighted by atomic mass is 9.90. The van der Waals surface area contributed by atoms with Crippen LogP contribution >= 0.6 is 0 Å². The zero-order valence-corrected chi connectivity index (χ0v) is 22.1. The highest BCUT2D eigenvalue weighted by atomic mass is 16.6. The quantitative estimate of drug-likeness (QED) is 0.213. The van der Waals surface area contributed by atoms with Crippen molar-refractivity contribution in [1.82, 2.24) is 0 Å². The number of carbonyl (C=O) groups excluding carboxylic acids is 2. The molecule has 3 aromatic rings. The Morgan fingerprint density at radius 1 is 0.553 bits per heavy atom. The summed E-state index contributed by atoms with van der Waals surface area (Å²) in [5.74, 6) is 1.42. The second-order valence-corrected chi connectivity index (χ2v) is 10.7. The molecule has 0 spiro atoms. The highest BCUT2D eigenvalue weighted by Gasteiger charge is 2.20. The van der Waals surface area contributed by atoms with Crippen LogP contribution in [0, 0.1) is 11.8 Å². The van der Waals surface area contributed by atoms with E-state index in [1.54, 1.807) is 0 Å². The Kier molecular flexibility index (Phi) is 9.00. The van der Waals surface area contributed by atoms with Crippen molar-refractivity contribution in [3.8, 4) is 11.5 Å². The summed E-state index contributed by atoms with van der Waals surface area (Å²) in [6, 6.07) is 15.5. The van der Waals surface area contributed by atoms with Crippen LogP contribution in [0.1, 0.15) is 64.2 Å². The van der Waals surface area contributed by atoms with E-state index in [1.165, 1.54) is 38.5 Å². The van der Waals surface area contributed by atoms with Gasteiger partial charge in [-0.05, 0) is 37.5 Å². The Bertz CT molecular complexity index is 1090. The maximum atomic E-state index is 12.5. The first-order valence-corrected chi connectivity index (χ1v) is 14.2. The summed E-state index contributed by atoms with van der Waals surface area (Å²) in [7, 11) is 0. The lowest BCUT2D eigenvalue weighted by molar-refractivity contribution is -0.148. The fraction of sp³-hybridized carbons (Fsp3) is 0.500. The monoisotopic (exact) mass is 518 g/mol. The van der Waals surface area contributed by atoms with Gasteiger partial charge in [-0.1, -0.05) is 87.1 Å². The molecule has 6 nitrogen and oxygen atoms in total. The molecule has 0 atom stereocenters. The largest absolute Gasteiger partial charge is 0.481 e. The smallest absolute Gasteiger partial charge is 0.344 e. The molecule has 2 fully saturated rings. The average Bonchev–Trinajstić information content (AvgIpc) is 2.97. The van der Waals surface area contributed by atoms with Crippen LogP contribution in [0.4, 0.5) is 0 Å². The van der Waals surface area contributed by atoms with Gasteiger partial charge in [0, 0.05) is 21.5 Å². The van der Waals surface area contributed by atoms with Crippen molar-refractivity contribution in [3.05, 3.63) is 48.5 Å². The van der Waals surface area contributed by atoms with Gasteiger partial charge in [0.2, 0.25) is 0 Å². The van der Waals surface area contributed by atoms with Gasteiger partial charge in [-0.15, -0.1) is 0 Å². The molecule has 0 aromatic heterocycles. The minimum atomic E-state index is -0.357. The van der Waals surface area contributed by atoms with E-state index < -0.39 is 0 Å². The first-order chi connectivity index (χ1) is 18.7. The molecule has 202 valence electrons. The second kappa shape index (κ2) is 13.0. The first kappa shape index (κ1) is 26.3.